The molecule has 1 unspecified atom stereocenters. The maximum atomic E-state index is 13.0. The fourth-order valence-electron chi connectivity index (χ4n) is 4.52. The van der Waals surface area contributed by atoms with Gasteiger partial charge in [0.05, 0.1) is 6.04 Å². The van der Waals surface area contributed by atoms with Gasteiger partial charge in [-0.05, 0) is 50.7 Å². The zero-order chi connectivity index (χ0) is 18.3. The van der Waals surface area contributed by atoms with Crippen LogP contribution in [0, 0.1) is 0 Å². The van der Waals surface area contributed by atoms with Crippen LogP contribution in [0.3, 0.4) is 0 Å². The van der Waals surface area contributed by atoms with Gasteiger partial charge in [-0.25, -0.2) is 0 Å². The smallest absolute Gasteiger partial charge is 0.254 e. The number of rotatable bonds is 2. The van der Waals surface area contributed by atoms with E-state index in [2.05, 4.69) is 22.9 Å². The Bertz CT molecular complexity index is 712. The van der Waals surface area contributed by atoms with Crippen molar-refractivity contribution in [3.63, 3.8) is 0 Å². The molecule has 0 bridgehead atoms. The first-order valence-corrected chi connectivity index (χ1v) is 9.62. The number of benzene rings is 1. The molecule has 26 heavy (non-hydrogen) atoms. The van der Waals surface area contributed by atoms with Crippen LogP contribution in [0.1, 0.15) is 34.3 Å². The predicted molar refractivity (Wildman–Crippen MR) is 99.7 cm³/mol. The van der Waals surface area contributed by atoms with E-state index < -0.39 is 0 Å². The van der Waals surface area contributed by atoms with E-state index in [0.29, 0.717) is 26.2 Å². The van der Waals surface area contributed by atoms with Gasteiger partial charge in [0, 0.05) is 44.8 Å². The summed E-state index contributed by atoms with van der Waals surface area (Å²) in [6.07, 6.45) is 2.05. The van der Waals surface area contributed by atoms with Crippen molar-refractivity contribution in [2.75, 3.05) is 46.8 Å². The number of likely N-dealkylation sites (tertiary alicyclic amines) is 1. The number of carbonyl (C=O) groups is 2. The van der Waals surface area contributed by atoms with E-state index in [9.17, 15) is 9.59 Å². The minimum absolute atomic E-state index is 0.0326. The molecule has 3 heterocycles. The van der Waals surface area contributed by atoms with Gasteiger partial charge < -0.3 is 9.80 Å². The molecular weight excluding hydrogens is 328 g/mol. The Balaban J connectivity index is 1.40. The Labute approximate surface area is 155 Å². The van der Waals surface area contributed by atoms with Crippen LogP contribution >= 0.6 is 0 Å². The van der Waals surface area contributed by atoms with Crippen molar-refractivity contribution in [2.45, 2.75) is 32.0 Å². The second kappa shape index (κ2) is 7.00. The number of carbonyl (C=O) groups excluding carboxylic acids is 2. The molecule has 0 spiro atoms. The third kappa shape index (κ3) is 3.12. The van der Waals surface area contributed by atoms with Gasteiger partial charge >= 0.3 is 0 Å². The first-order valence-electron chi connectivity index (χ1n) is 9.62. The summed E-state index contributed by atoms with van der Waals surface area (Å²) in [4.78, 5) is 34.0. The summed E-state index contributed by atoms with van der Waals surface area (Å²) in [5, 5.41) is 0. The van der Waals surface area contributed by atoms with Crippen molar-refractivity contribution in [3.05, 3.63) is 34.9 Å². The minimum Gasteiger partial charge on any atom is -0.338 e. The highest BCUT2D eigenvalue weighted by Crippen LogP contribution is 2.26. The van der Waals surface area contributed by atoms with Gasteiger partial charge in [0.25, 0.3) is 5.91 Å². The van der Waals surface area contributed by atoms with E-state index in [1.54, 1.807) is 0 Å². The highest BCUT2D eigenvalue weighted by atomic mass is 16.2. The minimum atomic E-state index is 0.0326. The molecular formula is C20H28N4O2. The van der Waals surface area contributed by atoms with Crippen LogP contribution in [-0.4, -0.2) is 84.3 Å². The molecule has 0 saturated carbocycles. The lowest BCUT2D eigenvalue weighted by atomic mass is 10.0. The molecule has 3 aliphatic heterocycles. The quantitative estimate of drug-likeness (QED) is 0.794. The molecule has 2 fully saturated rings. The Morgan fingerprint density at radius 2 is 1.69 bits per heavy atom. The van der Waals surface area contributed by atoms with Crippen molar-refractivity contribution in [2.24, 2.45) is 0 Å². The molecule has 0 radical (unpaired) electrons. The lowest BCUT2D eigenvalue weighted by Crippen LogP contribution is -2.54. The van der Waals surface area contributed by atoms with E-state index in [1.165, 1.54) is 11.1 Å². The van der Waals surface area contributed by atoms with Crippen LogP contribution in [0.2, 0.25) is 0 Å². The topological polar surface area (TPSA) is 47.1 Å². The molecule has 0 aliphatic carbocycles. The zero-order valence-electron chi connectivity index (χ0n) is 15.8. The van der Waals surface area contributed by atoms with Gasteiger partial charge in [-0.3, -0.25) is 19.4 Å². The molecule has 2 amide bonds. The highest BCUT2D eigenvalue weighted by Gasteiger charge is 2.34. The van der Waals surface area contributed by atoms with Gasteiger partial charge in [0.1, 0.15) is 0 Å². The van der Waals surface area contributed by atoms with Gasteiger partial charge in [-0.15, -0.1) is 0 Å². The fraction of sp³-hybridized carbons (Fsp3) is 0.600. The average molecular weight is 356 g/mol. The third-order valence-corrected chi connectivity index (χ3v) is 6.06. The van der Waals surface area contributed by atoms with Crippen LogP contribution in [0.15, 0.2) is 18.2 Å². The standard InChI is InChI=1S/C20H28N4O2/c1-21-13-15-5-3-6-16(17(15)14-21)19(25)23-9-11-24(12-10-23)20(26)18-7-4-8-22(18)2/h3,5-6,18H,4,7-14H2,1-2H3. The zero-order valence-corrected chi connectivity index (χ0v) is 15.8. The Morgan fingerprint density at radius 1 is 0.962 bits per heavy atom. The monoisotopic (exact) mass is 356 g/mol. The SMILES string of the molecule is CN1Cc2cccc(C(=O)N3CCN(C(=O)C4CCCN4C)CC3)c2C1. The molecule has 1 aromatic carbocycles. The van der Waals surface area contributed by atoms with Crippen LogP contribution in [-0.2, 0) is 17.9 Å². The normalized spacial score (nSPS) is 24.2. The number of fused-ring (bicyclic) bond motifs is 1. The van der Waals surface area contributed by atoms with E-state index in [0.717, 1.165) is 38.0 Å². The second-order valence-electron chi connectivity index (χ2n) is 7.87. The molecule has 6 nitrogen and oxygen atoms in total. The molecule has 140 valence electrons. The largest absolute Gasteiger partial charge is 0.338 e. The number of amides is 2. The maximum Gasteiger partial charge on any atom is 0.254 e. The second-order valence-corrected chi connectivity index (χ2v) is 7.87. The van der Waals surface area contributed by atoms with Crippen LogP contribution in [0.4, 0.5) is 0 Å². The van der Waals surface area contributed by atoms with E-state index >= 15 is 0 Å². The Hall–Kier alpha value is -1.92. The molecule has 1 aromatic rings. The summed E-state index contributed by atoms with van der Waals surface area (Å²) in [6, 6.07) is 6.08. The lowest BCUT2D eigenvalue weighted by molar-refractivity contribution is -0.137. The summed E-state index contributed by atoms with van der Waals surface area (Å²) in [7, 11) is 4.11. The van der Waals surface area contributed by atoms with Gasteiger partial charge in [-0.1, -0.05) is 12.1 Å². The predicted octanol–water partition coefficient (Wildman–Crippen LogP) is 1.01. The molecule has 2 saturated heterocycles. The van der Waals surface area contributed by atoms with Crippen LogP contribution in [0.25, 0.3) is 0 Å². The number of likely N-dealkylation sites (N-methyl/N-ethyl adjacent to an activating group) is 1. The number of nitrogens with zero attached hydrogens (tertiary/aromatic N) is 4. The van der Waals surface area contributed by atoms with E-state index in [1.807, 2.05) is 29.0 Å². The van der Waals surface area contributed by atoms with Gasteiger partial charge in [0.2, 0.25) is 5.91 Å². The van der Waals surface area contributed by atoms with Crippen molar-refractivity contribution < 1.29 is 9.59 Å². The number of hydrogen-bond donors (Lipinski definition) is 0. The van der Waals surface area contributed by atoms with Crippen molar-refractivity contribution in [1.82, 2.24) is 19.6 Å². The Kier molecular flexibility index (Phi) is 4.71. The van der Waals surface area contributed by atoms with Crippen molar-refractivity contribution in [3.8, 4) is 0 Å². The first kappa shape index (κ1) is 17.5. The third-order valence-electron chi connectivity index (χ3n) is 6.06. The van der Waals surface area contributed by atoms with Crippen LogP contribution < -0.4 is 0 Å². The highest BCUT2D eigenvalue weighted by molar-refractivity contribution is 5.96. The molecule has 0 N–H and O–H groups in total. The number of hydrogen-bond acceptors (Lipinski definition) is 4. The number of piperazine rings is 1. The summed E-state index contributed by atoms with van der Waals surface area (Å²) < 4.78 is 0. The Morgan fingerprint density at radius 3 is 2.38 bits per heavy atom. The summed E-state index contributed by atoms with van der Waals surface area (Å²) in [6.45, 7) is 5.29. The molecule has 0 aromatic heterocycles. The van der Waals surface area contributed by atoms with Gasteiger partial charge in [0.15, 0.2) is 0 Å². The van der Waals surface area contributed by atoms with Crippen molar-refractivity contribution in [1.29, 1.82) is 0 Å². The lowest BCUT2D eigenvalue weighted by Gasteiger charge is -2.37. The molecule has 6 heteroatoms. The summed E-state index contributed by atoms with van der Waals surface area (Å²) in [5.41, 5.74) is 3.27. The fourth-order valence-corrected chi connectivity index (χ4v) is 4.52. The molecule has 4 rings (SSSR count). The molecule has 3 aliphatic rings. The summed E-state index contributed by atoms with van der Waals surface area (Å²) in [5.74, 6) is 0.349. The molecule has 1 atom stereocenters. The van der Waals surface area contributed by atoms with Crippen molar-refractivity contribution >= 4 is 11.8 Å². The van der Waals surface area contributed by atoms with E-state index in [-0.39, 0.29) is 17.9 Å². The van der Waals surface area contributed by atoms with Gasteiger partial charge in [-0.2, -0.15) is 0 Å². The maximum absolute atomic E-state index is 13.0. The average Bonchev–Trinajstić information content (AvgIpc) is 3.24. The van der Waals surface area contributed by atoms with Crippen LogP contribution in [0.5, 0.6) is 0 Å². The summed E-state index contributed by atoms with van der Waals surface area (Å²) >= 11 is 0. The first-order chi connectivity index (χ1) is 12.5. The van der Waals surface area contributed by atoms with E-state index in [4.69, 9.17) is 0 Å².